The van der Waals surface area contributed by atoms with Gasteiger partial charge in [-0.3, -0.25) is 0 Å². The molecule has 1 aromatic rings. The summed E-state index contributed by atoms with van der Waals surface area (Å²) in [6, 6.07) is 2.10. The number of hydrogen-bond donors (Lipinski definition) is 0. The summed E-state index contributed by atoms with van der Waals surface area (Å²) < 4.78 is 0. The van der Waals surface area contributed by atoms with Crippen molar-refractivity contribution in [1.29, 1.82) is 0 Å². The van der Waals surface area contributed by atoms with Gasteiger partial charge in [-0.15, -0.1) is 0 Å². The molecule has 0 unspecified atom stereocenters. The van der Waals surface area contributed by atoms with Crippen LogP contribution >= 0.6 is 11.3 Å². The Bertz CT molecular complexity index is 123. The molecule has 0 N–H and O–H groups in total. The maximum atomic E-state index is 2.12. The van der Waals surface area contributed by atoms with Gasteiger partial charge in [-0.2, -0.15) is 11.3 Å². The topological polar surface area (TPSA) is 0 Å². The third kappa shape index (κ3) is 1.06. The molecule has 0 atom stereocenters. The van der Waals surface area contributed by atoms with Gasteiger partial charge in [0.25, 0.3) is 0 Å². The average Bonchev–Trinajstić information content (AvgIpc) is 2.14. The summed E-state index contributed by atoms with van der Waals surface area (Å²) >= 11 is 1.73. The molecule has 35 valence electrons. The van der Waals surface area contributed by atoms with Crippen molar-refractivity contribution in [2.75, 3.05) is 0 Å². The van der Waals surface area contributed by atoms with Gasteiger partial charge < -0.3 is 0 Å². The first-order chi connectivity index (χ1) is 3.43. The number of hydrogen-bond acceptors (Lipinski definition) is 1. The van der Waals surface area contributed by atoms with E-state index in [1.165, 1.54) is 5.46 Å². The molecule has 0 aliphatic carbocycles. The van der Waals surface area contributed by atoms with Gasteiger partial charge in [-0.25, -0.2) is 0 Å². The lowest BCUT2D eigenvalue weighted by Crippen LogP contribution is -2.04. The Balaban J connectivity index is 2.76. The summed E-state index contributed by atoms with van der Waals surface area (Å²) in [6.07, 6.45) is 0. The zero-order chi connectivity index (χ0) is 5.11. The zero-order valence-corrected chi connectivity index (χ0v) is 5.03. The molecule has 2 heteroatoms. The Morgan fingerprint density at radius 2 is 2.57 bits per heavy atom. The smallest absolute Gasteiger partial charge is 0.149 e. The summed E-state index contributed by atoms with van der Waals surface area (Å²) in [7, 11) is 2.09. The third-order valence-corrected chi connectivity index (χ3v) is 1.58. The summed E-state index contributed by atoms with van der Waals surface area (Å²) in [4.78, 5) is 0. The van der Waals surface area contributed by atoms with Gasteiger partial charge in [0.05, 0.1) is 0 Å². The van der Waals surface area contributed by atoms with Crippen molar-refractivity contribution in [3.8, 4) is 0 Å². The van der Waals surface area contributed by atoms with E-state index < -0.39 is 0 Å². The second-order valence-electron chi connectivity index (χ2n) is 1.35. The molecule has 0 aromatic carbocycles. The van der Waals surface area contributed by atoms with Gasteiger partial charge >= 0.3 is 0 Å². The van der Waals surface area contributed by atoms with E-state index in [-0.39, 0.29) is 0 Å². The molecule has 1 heterocycles. The van der Waals surface area contributed by atoms with E-state index in [2.05, 4.69) is 24.1 Å². The van der Waals surface area contributed by atoms with E-state index >= 15 is 0 Å². The SMILES string of the molecule is C[B]c1ccsc1. The summed E-state index contributed by atoms with van der Waals surface area (Å²) in [6.45, 7) is 2.04. The quantitative estimate of drug-likeness (QED) is 0.474. The third-order valence-electron chi connectivity index (χ3n) is 0.877. The van der Waals surface area contributed by atoms with Gasteiger partial charge in [0, 0.05) is 0 Å². The summed E-state index contributed by atoms with van der Waals surface area (Å²) in [5.74, 6) is 0. The zero-order valence-electron chi connectivity index (χ0n) is 4.22. The lowest BCUT2D eigenvalue weighted by atomic mass is 9.75. The van der Waals surface area contributed by atoms with Crippen LogP contribution in [0.3, 0.4) is 0 Å². The fraction of sp³-hybridized carbons (Fsp3) is 0.200. The van der Waals surface area contributed by atoms with Crippen molar-refractivity contribution < 1.29 is 0 Å². The minimum absolute atomic E-state index is 1.32. The molecule has 0 saturated heterocycles. The molecular formula is C5H6BS. The fourth-order valence-electron chi connectivity index (χ4n) is 0.439. The molecule has 0 aliphatic heterocycles. The molecule has 0 saturated carbocycles. The van der Waals surface area contributed by atoms with Gasteiger partial charge in [0.2, 0.25) is 0 Å². The van der Waals surface area contributed by atoms with Crippen molar-refractivity contribution in [1.82, 2.24) is 0 Å². The van der Waals surface area contributed by atoms with Gasteiger partial charge in [0.15, 0.2) is 0 Å². The second-order valence-corrected chi connectivity index (χ2v) is 2.13. The van der Waals surface area contributed by atoms with Crippen molar-refractivity contribution in [3.05, 3.63) is 16.8 Å². The van der Waals surface area contributed by atoms with E-state index in [1.807, 2.05) is 6.82 Å². The summed E-state index contributed by atoms with van der Waals surface area (Å²) in [5.41, 5.74) is 1.32. The first kappa shape index (κ1) is 4.91. The normalized spacial score (nSPS) is 8.71. The molecule has 1 rings (SSSR count). The van der Waals surface area contributed by atoms with Gasteiger partial charge in [-0.05, 0) is 10.8 Å². The van der Waals surface area contributed by atoms with Crippen LogP contribution in [0.1, 0.15) is 0 Å². The van der Waals surface area contributed by atoms with E-state index in [4.69, 9.17) is 0 Å². The van der Waals surface area contributed by atoms with Crippen LogP contribution in [-0.2, 0) is 0 Å². The highest BCUT2D eigenvalue weighted by atomic mass is 32.1. The lowest BCUT2D eigenvalue weighted by molar-refractivity contribution is 2.09. The predicted octanol–water partition coefficient (Wildman–Crippen LogP) is 1.13. The molecule has 0 amide bonds. The first-order valence-corrected chi connectivity index (χ1v) is 3.19. The molecule has 1 aromatic heterocycles. The lowest BCUT2D eigenvalue weighted by Gasteiger charge is -1.76. The van der Waals surface area contributed by atoms with Gasteiger partial charge in [-0.1, -0.05) is 18.4 Å². The minimum Gasteiger partial charge on any atom is -0.153 e. The average molecular weight is 109 g/mol. The van der Waals surface area contributed by atoms with Crippen LogP contribution in [0, 0.1) is 0 Å². The van der Waals surface area contributed by atoms with Crippen LogP contribution in [0.4, 0.5) is 0 Å². The van der Waals surface area contributed by atoms with Crippen LogP contribution in [-0.4, -0.2) is 7.28 Å². The van der Waals surface area contributed by atoms with Crippen molar-refractivity contribution in [2.45, 2.75) is 6.82 Å². The Morgan fingerprint density at radius 1 is 1.71 bits per heavy atom. The number of rotatable bonds is 1. The van der Waals surface area contributed by atoms with Crippen LogP contribution in [0.2, 0.25) is 6.82 Å². The first-order valence-electron chi connectivity index (χ1n) is 2.25. The summed E-state index contributed by atoms with van der Waals surface area (Å²) in [5, 5.41) is 4.20. The predicted molar refractivity (Wildman–Crippen MR) is 35.6 cm³/mol. The molecule has 0 spiro atoms. The number of thiophene rings is 1. The standard InChI is InChI=1S/C5H6BS/c1-6-5-2-3-7-4-5/h2-4H,1H3. The Morgan fingerprint density at radius 3 is 2.86 bits per heavy atom. The Kier molecular flexibility index (Phi) is 1.52. The minimum atomic E-state index is 1.32. The van der Waals surface area contributed by atoms with Crippen molar-refractivity contribution in [2.24, 2.45) is 0 Å². The Labute approximate surface area is 48.4 Å². The molecule has 7 heavy (non-hydrogen) atoms. The fourth-order valence-corrected chi connectivity index (χ4v) is 1.13. The largest absolute Gasteiger partial charge is 0.153 e. The van der Waals surface area contributed by atoms with E-state index in [0.29, 0.717) is 0 Å². The van der Waals surface area contributed by atoms with Crippen LogP contribution in [0.5, 0.6) is 0 Å². The van der Waals surface area contributed by atoms with E-state index in [0.717, 1.165) is 0 Å². The Hall–Kier alpha value is -0.235. The van der Waals surface area contributed by atoms with Crippen LogP contribution in [0.15, 0.2) is 16.8 Å². The molecule has 0 fully saturated rings. The monoisotopic (exact) mass is 109 g/mol. The van der Waals surface area contributed by atoms with Crippen molar-refractivity contribution in [3.63, 3.8) is 0 Å². The van der Waals surface area contributed by atoms with E-state index in [1.54, 1.807) is 11.3 Å². The van der Waals surface area contributed by atoms with Gasteiger partial charge in [0.1, 0.15) is 7.28 Å². The molecular weight excluding hydrogens is 103 g/mol. The maximum Gasteiger partial charge on any atom is 0.149 e. The molecule has 0 bridgehead atoms. The highest BCUT2D eigenvalue weighted by Crippen LogP contribution is 1.90. The molecule has 0 nitrogen and oxygen atoms in total. The second kappa shape index (κ2) is 2.17. The van der Waals surface area contributed by atoms with Crippen LogP contribution in [0.25, 0.3) is 0 Å². The molecule has 1 radical (unpaired) electrons. The van der Waals surface area contributed by atoms with Crippen molar-refractivity contribution >= 4 is 24.1 Å². The molecule has 0 aliphatic rings. The van der Waals surface area contributed by atoms with Crippen LogP contribution < -0.4 is 5.46 Å². The van der Waals surface area contributed by atoms with E-state index in [9.17, 15) is 0 Å². The highest BCUT2D eigenvalue weighted by Gasteiger charge is 1.84. The maximum absolute atomic E-state index is 2.12. The highest BCUT2D eigenvalue weighted by molar-refractivity contribution is 7.09.